The Kier molecular flexibility index (Phi) is 3.86. The van der Waals surface area contributed by atoms with Crippen molar-refractivity contribution in [3.63, 3.8) is 0 Å². The zero-order valence-corrected chi connectivity index (χ0v) is 11.0. The summed E-state index contributed by atoms with van der Waals surface area (Å²) < 4.78 is 0. The molecule has 1 fully saturated rings. The molecule has 6 heteroatoms. The molecule has 2 rings (SSSR count). The molecule has 0 saturated carbocycles. The predicted octanol–water partition coefficient (Wildman–Crippen LogP) is 0.273. The van der Waals surface area contributed by atoms with E-state index in [4.69, 9.17) is 5.73 Å². The molecule has 1 atom stereocenters. The van der Waals surface area contributed by atoms with Crippen LogP contribution >= 0.6 is 0 Å². The zero-order chi connectivity index (χ0) is 13.1. The summed E-state index contributed by atoms with van der Waals surface area (Å²) in [7, 11) is 0. The second-order valence-electron chi connectivity index (χ2n) is 4.75. The van der Waals surface area contributed by atoms with Crippen LogP contribution in [0.25, 0.3) is 0 Å². The Labute approximate surface area is 107 Å². The third-order valence-electron chi connectivity index (χ3n) is 3.70. The molecule has 6 nitrogen and oxygen atoms in total. The van der Waals surface area contributed by atoms with Gasteiger partial charge in [0.15, 0.2) is 5.82 Å². The number of hydrogen-bond acceptors (Lipinski definition) is 5. The molecule has 3 N–H and O–H groups in total. The molecule has 0 aromatic carbocycles. The lowest BCUT2D eigenvalue weighted by Crippen LogP contribution is -2.50. The molecule has 2 heterocycles. The SMILES string of the molecule is CCC(C)N1CCN(c2nc[nH]c(=O)c2N)CC1. The van der Waals surface area contributed by atoms with Crippen LogP contribution < -0.4 is 16.2 Å². The van der Waals surface area contributed by atoms with E-state index in [1.807, 2.05) is 0 Å². The van der Waals surface area contributed by atoms with Crippen LogP contribution in [0.2, 0.25) is 0 Å². The number of piperazine rings is 1. The van der Waals surface area contributed by atoms with Crippen molar-refractivity contribution < 1.29 is 0 Å². The molecule has 0 amide bonds. The number of anilines is 2. The molecular formula is C12H21N5O. The first-order valence-corrected chi connectivity index (χ1v) is 6.45. The van der Waals surface area contributed by atoms with Gasteiger partial charge in [0, 0.05) is 32.2 Å². The summed E-state index contributed by atoms with van der Waals surface area (Å²) in [6, 6.07) is 0.608. The van der Waals surface area contributed by atoms with Crippen molar-refractivity contribution in [3.8, 4) is 0 Å². The number of rotatable bonds is 3. The van der Waals surface area contributed by atoms with Gasteiger partial charge in [-0.1, -0.05) is 6.92 Å². The summed E-state index contributed by atoms with van der Waals surface area (Å²) in [5.41, 5.74) is 5.73. The van der Waals surface area contributed by atoms with Gasteiger partial charge in [-0.2, -0.15) is 0 Å². The number of nitrogens with one attached hydrogen (secondary N) is 1. The number of aromatic nitrogens is 2. The fraction of sp³-hybridized carbons (Fsp3) is 0.667. The first kappa shape index (κ1) is 12.9. The summed E-state index contributed by atoms with van der Waals surface area (Å²) >= 11 is 0. The highest BCUT2D eigenvalue weighted by Crippen LogP contribution is 2.18. The molecule has 0 bridgehead atoms. The van der Waals surface area contributed by atoms with Crippen LogP contribution in [-0.2, 0) is 0 Å². The summed E-state index contributed by atoms with van der Waals surface area (Å²) in [5, 5.41) is 0. The lowest BCUT2D eigenvalue weighted by Gasteiger charge is -2.38. The van der Waals surface area contributed by atoms with Gasteiger partial charge in [-0.25, -0.2) is 4.98 Å². The van der Waals surface area contributed by atoms with Gasteiger partial charge in [0.1, 0.15) is 5.69 Å². The van der Waals surface area contributed by atoms with E-state index >= 15 is 0 Å². The average Bonchev–Trinajstić information content (AvgIpc) is 2.41. The first-order valence-electron chi connectivity index (χ1n) is 6.45. The van der Waals surface area contributed by atoms with Crippen molar-refractivity contribution in [3.05, 3.63) is 16.7 Å². The Morgan fingerprint density at radius 1 is 1.44 bits per heavy atom. The fourth-order valence-electron chi connectivity index (χ4n) is 2.29. The fourth-order valence-corrected chi connectivity index (χ4v) is 2.29. The molecule has 0 radical (unpaired) electrons. The maximum absolute atomic E-state index is 11.4. The van der Waals surface area contributed by atoms with Crippen LogP contribution in [0.4, 0.5) is 11.5 Å². The van der Waals surface area contributed by atoms with E-state index in [-0.39, 0.29) is 11.2 Å². The van der Waals surface area contributed by atoms with Crippen molar-refractivity contribution in [2.45, 2.75) is 26.3 Å². The van der Waals surface area contributed by atoms with Crippen molar-refractivity contribution in [2.24, 2.45) is 0 Å². The van der Waals surface area contributed by atoms with E-state index in [0.29, 0.717) is 11.9 Å². The number of nitrogens with zero attached hydrogens (tertiary/aromatic N) is 3. The number of hydrogen-bond donors (Lipinski definition) is 2. The molecule has 1 unspecified atom stereocenters. The Morgan fingerprint density at radius 2 is 2.11 bits per heavy atom. The second kappa shape index (κ2) is 5.39. The standard InChI is InChI=1S/C12H21N5O/c1-3-9(2)16-4-6-17(7-5-16)11-10(13)12(18)15-8-14-11/h8-9H,3-7,13H2,1-2H3,(H,14,15,18). The quantitative estimate of drug-likeness (QED) is 0.806. The van der Waals surface area contributed by atoms with Gasteiger partial charge >= 0.3 is 0 Å². The summed E-state index contributed by atoms with van der Waals surface area (Å²) in [6.07, 6.45) is 2.57. The minimum atomic E-state index is -0.260. The van der Waals surface area contributed by atoms with E-state index in [0.717, 1.165) is 32.6 Å². The molecule has 1 aliphatic rings. The Balaban J connectivity index is 2.06. The van der Waals surface area contributed by atoms with Crippen molar-refractivity contribution in [1.82, 2.24) is 14.9 Å². The first-order chi connectivity index (χ1) is 8.63. The van der Waals surface area contributed by atoms with Crippen LogP contribution in [0.5, 0.6) is 0 Å². The molecule has 1 aromatic heterocycles. The summed E-state index contributed by atoms with van der Waals surface area (Å²) in [5.74, 6) is 0.613. The minimum absolute atomic E-state index is 0.217. The van der Waals surface area contributed by atoms with E-state index in [2.05, 4.69) is 33.6 Å². The highest BCUT2D eigenvalue weighted by molar-refractivity contribution is 5.61. The third kappa shape index (κ3) is 2.48. The van der Waals surface area contributed by atoms with Crippen LogP contribution in [0.15, 0.2) is 11.1 Å². The highest BCUT2D eigenvalue weighted by Gasteiger charge is 2.22. The van der Waals surface area contributed by atoms with Crippen molar-refractivity contribution >= 4 is 11.5 Å². The van der Waals surface area contributed by atoms with Gasteiger partial charge in [0.25, 0.3) is 5.56 Å². The number of H-pyrrole nitrogens is 1. The number of nitrogens with two attached hydrogens (primary N) is 1. The van der Waals surface area contributed by atoms with Crippen molar-refractivity contribution in [2.75, 3.05) is 36.8 Å². The average molecular weight is 251 g/mol. The van der Waals surface area contributed by atoms with Gasteiger partial charge in [0.2, 0.25) is 0 Å². The molecule has 18 heavy (non-hydrogen) atoms. The normalized spacial score (nSPS) is 18.9. The largest absolute Gasteiger partial charge is 0.391 e. The maximum Gasteiger partial charge on any atom is 0.276 e. The van der Waals surface area contributed by atoms with E-state index in [1.165, 1.54) is 6.33 Å². The van der Waals surface area contributed by atoms with Crippen molar-refractivity contribution in [1.29, 1.82) is 0 Å². The lowest BCUT2D eigenvalue weighted by molar-refractivity contribution is 0.192. The third-order valence-corrected chi connectivity index (χ3v) is 3.70. The predicted molar refractivity (Wildman–Crippen MR) is 72.8 cm³/mol. The van der Waals surface area contributed by atoms with Crippen LogP contribution in [0, 0.1) is 0 Å². The van der Waals surface area contributed by atoms with E-state index in [1.54, 1.807) is 0 Å². The van der Waals surface area contributed by atoms with Crippen LogP contribution in [0.1, 0.15) is 20.3 Å². The molecule has 1 aromatic rings. The van der Waals surface area contributed by atoms with E-state index < -0.39 is 0 Å². The molecule has 1 saturated heterocycles. The summed E-state index contributed by atoms with van der Waals surface area (Å²) in [4.78, 5) is 22.7. The second-order valence-corrected chi connectivity index (χ2v) is 4.75. The summed E-state index contributed by atoms with van der Waals surface area (Å²) in [6.45, 7) is 8.16. The molecule has 100 valence electrons. The Hall–Kier alpha value is -1.56. The van der Waals surface area contributed by atoms with E-state index in [9.17, 15) is 4.79 Å². The Morgan fingerprint density at radius 3 is 2.72 bits per heavy atom. The topological polar surface area (TPSA) is 78.2 Å². The minimum Gasteiger partial charge on any atom is -0.391 e. The van der Waals surface area contributed by atoms with Gasteiger partial charge in [-0.05, 0) is 13.3 Å². The van der Waals surface area contributed by atoms with Crippen LogP contribution in [0.3, 0.4) is 0 Å². The monoisotopic (exact) mass is 251 g/mol. The number of aromatic amines is 1. The molecule has 0 aliphatic carbocycles. The Bertz CT molecular complexity index is 450. The molecular weight excluding hydrogens is 230 g/mol. The lowest BCUT2D eigenvalue weighted by atomic mass is 10.2. The number of nitrogen functional groups attached to an aromatic ring is 1. The van der Waals surface area contributed by atoms with Gasteiger partial charge < -0.3 is 15.6 Å². The van der Waals surface area contributed by atoms with Gasteiger partial charge in [0.05, 0.1) is 6.33 Å². The smallest absolute Gasteiger partial charge is 0.276 e. The maximum atomic E-state index is 11.4. The van der Waals surface area contributed by atoms with Gasteiger partial charge in [-0.15, -0.1) is 0 Å². The van der Waals surface area contributed by atoms with Gasteiger partial charge in [-0.3, -0.25) is 9.69 Å². The zero-order valence-electron chi connectivity index (χ0n) is 11.0. The highest BCUT2D eigenvalue weighted by atomic mass is 16.1. The van der Waals surface area contributed by atoms with Crippen LogP contribution in [-0.4, -0.2) is 47.1 Å². The molecule has 0 spiro atoms. The molecule has 1 aliphatic heterocycles.